The predicted octanol–water partition coefficient (Wildman–Crippen LogP) is 3.93. The number of hydrogen-bond donors (Lipinski definition) is 1. The van der Waals surface area contributed by atoms with Gasteiger partial charge in [0.05, 0.1) is 6.04 Å². The van der Waals surface area contributed by atoms with Crippen molar-refractivity contribution in [1.29, 1.82) is 0 Å². The molecular formula is C21H28N2O3. The second kappa shape index (κ2) is 6.60. The molecule has 0 spiro atoms. The Labute approximate surface area is 155 Å². The summed E-state index contributed by atoms with van der Waals surface area (Å²) in [6, 6.07) is 3.15. The van der Waals surface area contributed by atoms with Gasteiger partial charge in [-0.25, -0.2) is 4.79 Å². The summed E-state index contributed by atoms with van der Waals surface area (Å²) in [7, 11) is 0. The molecule has 1 aliphatic carbocycles. The zero-order valence-corrected chi connectivity index (χ0v) is 15.7. The van der Waals surface area contributed by atoms with Crippen molar-refractivity contribution < 1.29 is 14.7 Å². The van der Waals surface area contributed by atoms with Crippen LogP contribution in [0.1, 0.15) is 75.1 Å². The standard InChI is InChI=1S/C21H28N2O3/c1-3-14-16-12-18-20(25)22(13-8-6-5-7-9-13)21(26)23(18)17(4-2)15(16)10-11-19(14)24/h10-11,13,17-18,24H,3-9,12H2,1-2H3/t17-,18+/m1/s1. The third-order valence-electron chi connectivity index (χ3n) is 6.50. The average molecular weight is 356 g/mol. The highest BCUT2D eigenvalue weighted by Gasteiger charge is 2.52. The van der Waals surface area contributed by atoms with Gasteiger partial charge < -0.3 is 10.0 Å². The minimum Gasteiger partial charge on any atom is -0.508 e. The van der Waals surface area contributed by atoms with Gasteiger partial charge in [-0.15, -0.1) is 0 Å². The number of carbonyl (C=O) groups is 2. The molecule has 1 N–H and O–H groups in total. The largest absolute Gasteiger partial charge is 0.508 e. The Bertz CT molecular complexity index is 739. The summed E-state index contributed by atoms with van der Waals surface area (Å²) in [5, 5.41) is 10.3. The molecule has 1 saturated heterocycles. The van der Waals surface area contributed by atoms with E-state index in [2.05, 4.69) is 6.92 Å². The number of imide groups is 1. The van der Waals surface area contributed by atoms with Gasteiger partial charge in [-0.2, -0.15) is 0 Å². The molecule has 0 bridgehead atoms. The normalized spacial score (nSPS) is 26.2. The van der Waals surface area contributed by atoms with E-state index in [0.717, 1.165) is 55.2 Å². The van der Waals surface area contributed by atoms with E-state index in [1.165, 1.54) is 6.42 Å². The number of hydrogen-bond acceptors (Lipinski definition) is 3. The molecule has 2 aliphatic heterocycles. The van der Waals surface area contributed by atoms with E-state index in [-0.39, 0.29) is 24.0 Å². The van der Waals surface area contributed by atoms with Crippen molar-refractivity contribution in [2.24, 2.45) is 0 Å². The lowest BCUT2D eigenvalue weighted by molar-refractivity contribution is -0.130. The van der Waals surface area contributed by atoms with Crippen molar-refractivity contribution in [1.82, 2.24) is 9.80 Å². The van der Waals surface area contributed by atoms with Crippen molar-refractivity contribution >= 4 is 11.9 Å². The summed E-state index contributed by atoms with van der Waals surface area (Å²) in [6.07, 6.45) is 7.28. The quantitative estimate of drug-likeness (QED) is 0.835. The Morgan fingerprint density at radius 3 is 2.50 bits per heavy atom. The van der Waals surface area contributed by atoms with Crippen LogP contribution >= 0.6 is 0 Å². The lowest BCUT2D eigenvalue weighted by atomic mass is 9.83. The van der Waals surface area contributed by atoms with E-state index < -0.39 is 6.04 Å². The van der Waals surface area contributed by atoms with Crippen LogP contribution in [-0.2, 0) is 17.6 Å². The highest BCUT2D eigenvalue weighted by atomic mass is 16.3. The van der Waals surface area contributed by atoms with Crippen molar-refractivity contribution in [3.8, 4) is 5.75 Å². The fraction of sp³-hybridized carbons (Fsp3) is 0.619. The number of carbonyl (C=O) groups excluding carboxylic acids is 2. The number of amides is 3. The van der Waals surface area contributed by atoms with E-state index in [1.807, 2.05) is 17.9 Å². The predicted molar refractivity (Wildman–Crippen MR) is 99.0 cm³/mol. The monoisotopic (exact) mass is 356 g/mol. The first kappa shape index (κ1) is 17.4. The van der Waals surface area contributed by atoms with Gasteiger partial charge in [-0.1, -0.05) is 39.2 Å². The van der Waals surface area contributed by atoms with Crippen LogP contribution in [0.2, 0.25) is 0 Å². The number of aromatic hydroxyl groups is 1. The van der Waals surface area contributed by atoms with Gasteiger partial charge in [-0.3, -0.25) is 9.69 Å². The molecule has 1 saturated carbocycles. The summed E-state index contributed by atoms with van der Waals surface area (Å²) in [6.45, 7) is 4.09. The molecule has 1 aromatic rings. The van der Waals surface area contributed by atoms with Gasteiger partial charge in [0.15, 0.2) is 0 Å². The molecule has 5 heteroatoms. The lowest BCUT2D eigenvalue weighted by Gasteiger charge is -2.38. The molecule has 4 rings (SSSR count). The molecule has 0 aromatic heterocycles. The number of phenols is 1. The van der Waals surface area contributed by atoms with Crippen LogP contribution in [0.3, 0.4) is 0 Å². The molecule has 3 aliphatic rings. The first-order chi connectivity index (χ1) is 12.6. The zero-order chi connectivity index (χ0) is 18.4. The molecule has 0 unspecified atom stereocenters. The summed E-state index contributed by atoms with van der Waals surface area (Å²) in [5.41, 5.74) is 3.11. The summed E-state index contributed by atoms with van der Waals surface area (Å²) >= 11 is 0. The van der Waals surface area contributed by atoms with Crippen LogP contribution in [0.4, 0.5) is 4.79 Å². The van der Waals surface area contributed by atoms with Crippen LogP contribution in [0, 0.1) is 0 Å². The Balaban J connectivity index is 1.75. The number of rotatable bonds is 3. The minimum atomic E-state index is -0.408. The highest BCUT2D eigenvalue weighted by Crippen LogP contribution is 2.44. The van der Waals surface area contributed by atoms with E-state index in [0.29, 0.717) is 12.2 Å². The second-order valence-corrected chi connectivity index (χ2v) is 7.82. The topological polar surface area (TPSA) is 60.9 Å². The van der Waals surface area contributed by atoms with Gasteiger partial charge in [-0.05, 0) is 48.4 Å². The first-order valence-corrected chi connectivity index (χ1v) is 10.1. The molecule has 26 heavy (non-hydrogen) atoms. The third-order valence-corrected chi connectivity index (χ3v) is 6.50. The Morgan fingerprint density at radius 1 is 1.12 bits per heavy atom. The molecule has 2 atom stereocenters. The van der Waals surface area contributed by atoms with Crippen LogP contribution in [0.25, 0.3) is 0 Å². The second-order valence-electron chi connectivity index (χ2n) is 7.82. The number of phenolic OH excluding ortho intramolecular Hbond substituents is 1. The number of benzene rings is 1. The van der Waals surface area contributed by atoms with Crippen molar-refractivity contribution in [2.45, 2.75) is 83.3 Å². The van der Waals surface area contributed by atoms with Gasteiger partial charge in [0.1, 0.15) is 11.8 Å². The van der Waals surface area contributed by atoms with Crippen molar-refractivity contribution in [3.05, 3.63) is 28.8 Å². The fourth-order valence-electron chi connectivity index (χ4n) is 5.25. The van der Waals surface area contributed by atoms with Crippen LogP contribution in [-0.4, -0.2) is 38.9 Å². The van der Waals surface area contributed by atoms with E-state index in [1.54, 1.807) is 11.0 Å². The van der Waals surface area contributed by atoms with Gasteiger partial charge >= 0.3 is 6.03 Å². The molecule has 140 valence electrons. The zero-order valence-electron chi connectivity index (χ0n) is 15.7. The number of urea groups is 1. The van der Waals surface area contributed by atoms with Gasteiger partial charge in [0.2, 0.25) is 0 Å². The van der Waals surface area contributed by atoms with Crippen LogP contribution in [0.15, 0.2) is 12.1 Å². The summed E-state index contributed by atoms with van der Waals surface area (Å²) in [5.74, 6) is 0.270. The van der Waals surface area contributed by atoms with Crippen LogP contribution in [0.5, 0.6) is 5.75 Å². The Kier molecular flexibility index (Phi) is 4.41. The van der Waals surface area contributed by atoms with E-state index in [4.69, 9.17) is 0 Å². The van der Waals surface area contributed by atoms with E-state index >= 15 is 0 Å². The van der Waals surface area contributed by atoms with Crippen LogP contribution < -0.4 is 0 Å². The molecule has 0 radical (unpaired) electrons. The smallest absolute Gasteiger partial charge is 0.328 e. The van der Waals surface area contributed by atoms with Gasteiger partial charge in [0, 0.05) is 12.5 Å². The average Bonchev–Trinajstić information content (AvgIpc) is 2.91. The molecule has 2 fully saturated rings. The summed E-state index contributed by atoms with van der Waals surface area (Å²) < 4.78 is 0. The Hall–Kier alpha value is -2.04. The Morgan fingerprint density at radius 2 is 1.85 bits per heavy atom. The highest BCUT2D eigenvalue weighted by molar-refractivity contribution is 6.05. The maximum Gasteiger partial charge on any atom is 0.328 e. The minimum absolute atomic E-state index is 0.0311. The molecule has 3 amide bonds. The maximum atomic E-state index is 13.2. The molecular weight excluding hydrogens is 328 g/mol. The molecule has 5 nitrogen and oxygen atoms in total. The van der Waals surface area contributed by atoms with Gasteiger partial charge in [0.25, 0.3) is 5.91 Å². The SMILES string of the molecule is CCc1c(O)ccc2c1C[C@H]1C(=O)N(C3CCCCC3)C(=O)N1[C@@H]2CC. The number of fused-ring (bicyclic) bond motifs is 2. The fourth-order valence-corrected chi connectivity index (χ4v) is 5.25. The van der Waals surface area contributed by atoms with Crippen molar-refractivity contribution in [3.63, 3.8) is 0 Å². The maximum absolute atomic E-state index is 13.2. The molecule has 2 heterocycles. The third kappa shape index (κ3) is 2.43. The lowest BCUT2D eigenvalue weighted by Crippen LogP contribution is -2.44. The number of nitrogens with zero attached hydrogens (tertiary/aromatic N) is 2. The molecule has 1 aromatic carbocycles. The first-order valence-electron chi connectivity index (χ1n) is 10.1. The van der Waals surface area contributed by atoms with E-state index in [9.17, 15) is 14.7 Å². The summed E-state index contributed by atoms with van der Waals surface area (Å²) in [4.78, 5) is 29.8. The van der Waals surface area contributed by atoms with Crippen molar-refractivity contribution in [2.75, 3.05) is 0 Å².